The van der Waals surface area contributed by atoms with E-state index in [1.165, 1.54) is 0 Å². The minimum absolute atomic E-state index is 0.103. The average molecular weight is 355 g/mol. The highest BCUT2D eigenvalue weighted by Gasteiger charge is 2.19. The van der Waals surface area contributed by atoms with E-state index in [2.05, 4.69) is 16.8 Å². The number of aromatic nitrogens is 1. The maximum Gasteiger partial charge on any atom is 0.142 e. The van der Waals surface area contributed by atoms with Crippen LogP contribution in [0.4, 0.5) is 0 Å². The van der Waals surface area contributed by atoms with E-state index < -0.39 is 6.10 Å². The standard InChI is InChI=1S/C17H14Cl3NO/c1-11(13-7-6-12(19)10-15(13)20)17-14(4-3-9-21-17)16(22)5-2-8-18/h3-4,6-7,9-11,16,22H,8H2,1H3. The molecule has 2 atom stereocenters. The Morgan fingerprint density at radius 2 is 2.00 bits per heavy atom. The molecular formula is C17H14Cl3NO. The van der Waals surface area contributed by atoms with Crippen LogP contribution < -0.4 is 0 Å². The predicted molar refractivity (Wildman–Crippen MR) is 91.7 cm³/mol. The zero-order chi connectivity index (χ0) is 16.1. The molecule has 0 aliphatic rings. The molecule has 1 aromatic heterocycles. The van der Waals surface area contributed by atoms with Crippen LogP contribution in [0.15, 0.2) is 36.5 Å². The maximum absolute atomic E-state index is 10.2. The first-order chi connectivity index (χ1) is 10.5. The monoisotopic (exact) mass is 353 g/mol. The van der Waals surface area contributed by atoms with Crippen molar-refractivity contribution in [3.05, 3.63) is 63.4 Å². The second kappa shape index (κ2) is 7.85. The topological polar surface area (TPSA) is 33.1 Å². The number of pyridine rings is 1. The van der Waals surface area contributed by atoms with Crippen molar-refractivity contribution in [1.82, 2.24) is 4.98 Å². The Labute approximate surface area is 145 Å². The highest BCUT2D eigenvalue weighted by molar-refractivity contribution is 6.35. The van der Waals surface area contributed by atoms with Crippen LogP contribution in [0.25, 0.3) is 0 Å². The van der Waals surface area contributed by atoms with Gasteiger partial charge in [0.25, 0.3) is 0 Å². The molecule has 2 nitrogen and oxygen atoms in total. The smallest absolute Gasteiger partial charge is 0.142 e. The lowest BCUT2D eigenvalue weighted by Crippen LogP contribution is -2.07. The molecule has 2 unspecified atom stereocenters. The van der Waals surface area contributed by atoms with Crippen molar-refractivity contribution in [2.45, 2.75) is 18.9 Å². The largest absolute Gasteiger partial charge is 0.376 e. The van der Waals surface area contributed by atoms with Gasteiger partial charge in [-0.25, -0.2) is 0 Å². The number of rotatable bonds is 3. The lowest BCUT2D eigenvalue weighted by Gasteiger charge is -2.18. The molecule has 2 aromatic rings. The molecule has 2 rings (SSSR count). The van der Waals surface area contributed by atoms with Crippen LogP contribution in [-0.2, 0) is 0 Å². The van der Waals surface area contributed by atoms with Crippen molar-refractivity contribution in [3.63, 3.8) is 0 Å². The molecule has 1 N–H and O–H groups in total. The Morgan fingerprint density at radius 1 is 1.23 bits per heavy atom. The van der Waals surface area contributed by atoms with Gasteiger partial charge in [-0.2, -0.15) is 0 Å². The molecule has 0 amide bonds. The molecule has 22 heavy (non-hydrogen) atoms. The molecule has 0 fully saturated rings. The molecule has 0 aliphatic carbocycles. The summed E-state index contributed by atoms with van der Waals surface area (Å²) < 4.78 is 0. The Kier molecular flexibility index (Phi) is 6.11. The van der Waals surface area contributed by atoms with Gasteiger partial charge in [-0.05, 0) is 23.8 Å². The van der Waals surface area contributed by atoms with E-state index in [4.69, 9.17) is 34.8 Å². The van der Waals surface area contributed by atoms with Gasteiger partial charge in [0.1, 0.15) is 6.10 Å². The summed E-state index contributed by atoms with van der Waals surface area (Å²) in [6.07, 6.45) is 0.747. The van der Waals surface area contributed by atoms with Crippen molar-refractivity contribution in [3.8, 4) is 11.8 Å². The number of benzene rings is 1. The van der Waals surface area contributed by atoms with Crippen molar-refractivity contribution >= 4 is 34.8 Å². The first kappa shape index (κ1) is 17.1. The second-order valence-corrected chi connectivity index (χ2v) is 5.83. The first-order valence-corrected chi connectivity index (χ1v) is 7.95. The summed E-state index contributed by atoms with van der Waals surface area (Å²) >= 11 is 17.7. The van der Waals surface area contributed by atoms with E-state index in [1.807, 2.05) is 13.0 Å². The Bertz CT molecular complexity index is 721. The van der Waals surface area contributed by atoms with Crippen molar-refractivity contribution in [1.29, 1.82) is 0 Å². The fourth-order valence-electron chi connectivity index (χ4n) is 2.24. The van der Waals surface area contributed by atoms with Gasteiger partial charge in [0.2, 0.25) is 0 Å². The summed E-state index contributed by atoms with van der Waals surface area (Å²) in [6, 6.07) is 8.91. The van der Waals surface area contributed by atoms with Crippen LogP contribution in [0.2, 0.25) is 10.0 Å². The van der Waals surface area contributed by atoms with Crippen molar-refractivity contribution in [2.24, 2.45) is 0 Å². The summed E-state index contributed by atoms with van der Waals surface area (Å²) in [7, 11) is 0. The number of hydrogen-bond donors (Lipinski definition) is 1. The van der Waals surface area contributed by atoms with Crippen LogP contribution in [0.3, 0.4) is 0 Å². The third-order valence-electron chi connectivity index (χ3n) is 3.31. The minimum atomic E-state index is -0.934. The maximum atomic E-state index is 10.2. The summed E-state index contributed by atoms with van der Waals surface area (Å²) in [5, 5.41) is 11.4. The Balaban J connectivity index is 2.43. The molecule has 0 bridgehead atoms. The number of alkyl halides is 1. The fraction of sp³-hybridized carbons (Fsp3) is 0.235. The van der Waals surface area contributed by atoms with E-state index in [0.717, 1.165) is 11.3 Å². The van der Waals surface area contributed by atoms with Gasteiger partial charge in [-0.3, -0.25) is 4.98 Å². The van der Waals surface area contributed by atoms with E-state index in [0.29, 0.717) is 15.6 Å². The van der Waals surface area contributed by atoms with E-state index in [-0.39, 0.29) is 11.8 Å². The van der Waals surface area contributed by atoms with Gasteiger partial charge in [0.05, 0.1) is 11.6 Å². The van der Waals surface area contributed by atoms with Gasteiger partial charge in [-0.1, -0.05) is 54.1 Å². The number of aliphatic hydroxyl groups excluding tert-OH is 1. The van der Waals surface area contributed by atoms with E-state index >= 15 is 0 Å². The summed E-state index contributed by atoms with van der Waals surface area (Å²) in [6.45, 7) is 1.97. The molecule has 5 heteroatoms. The number of hydrogen-bond acceptors (Lipinski definition) is 2. The average Bonchev–Trinajstić information content (AvgIpc) is 2.52. The van der Waals surface area contributed by atoms with Crippen LogP contribution in [0.1, 0.15) is 35.8 Å². The zero-order valence-electron chi connectivity index (χ0n) is 11.9. The molecule has 0 aliphatic heterocycles. The van der Waals surface area contributed by atoms with Crippen LogP contribution in [0, 0.1) is 11.8 Å². The van der Waals surface area contributed by atoms with E-state index in [1.54, 1.807) is 30.5 Å². The van der Waals surface area contributed by atoms with Gasteiger partial charge in [0.15, 0.2) is 0 Å². The van der Waals surface area contributed by atoms with Gasteiger partial charge in [-0.15, -0.1) is 11.6 Å². The predicted octanol–water partition coefficient (Wildman–Crippen LogP) is 4.82. The SMILES string of the molecule is CC(c1ccc(Cl)cc1Cl)c1ncccc1C(O)C#CCCl. The highest BCUT2D eigenvalue weighted by atomic mass is 35.5. The lowest BCUT2D eigenvalue weighted by molar-refractivity contribution is 0.236. The number of aliphatic hydroxyl groups is 1. The van der Waals surface area contributed by atoms with Crippen LogP contribution in [-0.4, -0.2) is 16.0 Å². The van der Waals surface area contributed by atoms with Crippen LogP contribution in [0.5, 0.6) is 0 Å². The fourth-order valence-corrected chi connectivity index (χ4v) is 2.89. The molecule has 1 aromatic carbocycles. The minimum Gasteiger partial charge on any atom is -0.376 e. The zero-order valence-corrected chi connectivity index (χ0v) is 14.1. The molecule has 0 radical (unpaired) electrons. The van der Waals surface area contributed by atoms with Gasteiger partial charge >= 0.3 is 0 Å². The molecule has 1 heterocycles. The summed E-state index contributed by atoms with van der Waals surface area (Å²) in [5.41, 5.74) is 2.27. The molecule has 114 valence electrons. The third-order valence-corrected chi connectivity index (χ3v) is 4.01. The van der Waals surface area contributed by atoms with Gasteiger partial charge < -0.3 is 5.11 Å². The number of nitrogens with zero attached hydrogens (tertiary/aromatic N) is 1. The molecular weight excluding hydrogens is 341 g/mol. The summed E-state index contributed by atoms with van der Waals surface area (Å²) in [5.74, 6) is 5.43. The van der Waals surface area contributed by atoms with Gasteiger partial charge in [0, 0.05) is 27.7 Å². The summed E-state index contributed by atoms with van der Waals surface area (Å²) in [4.78, 5) is 4.40. The van der Waals surface area contributed by atoms with Crippen molar-refractivity contribution < 1.29 is 5.11 Å². The molecule has 0 spiro atoms. The highest BCUT2D eigenvalue weighted by Crippen LogP contribution is 2.33. The number of halogens is 3. The van der Waals surface area contributed by atoms with Crippen molar-refractivity contribution in [2.75, 3.05) is 5.88 Å². The Morgan fingerprint density at radius 3 is 2.68 bits per heavy atom. The lowest BCUT2D eigenvalue weighted by atomic mass is 9.92. The Hall–Kier alpha value is -1.24. The van der Waals surface area contributed by atoms with Crippen LogP contribution >= 0.6 is 34.8 Å². The molecule has 0 saturated carbocycles. The normalized spacial score (nSPS) is 13.1. The second-order valence-electron chi connectivity index (χ2n) is 4.72. The molecule has 0 saturated heterocycles. The van der Waals surface area contributed by atoms with E-state index in [9.17, 15) is 5.11 Å². The first-order valence-electron chi connectivity index (χ1n) is 6.66. The quantitative estimate of drug-likeness (QED) is 0.633. The third kappa shape index (κ3) is 3.94.